The lowest BCUT2D eigenvalue weighted by atomic mass is 9.97. The number of hydrogen-bond donors (Lipinski definition) is 2. The maximum atomic E-state index is 11.8. The highest BCUT2D eigenvalue weighted by Gasteiger charge is 2.31. The molecule has 0 aliphatic heterocycles. The Morgan fingerprint density at radius 3 is 2.36 bits per heavy atom. The second-order valence-electron chi connectivity index (χ2n) is 5.67. The predicted molar refractivity (Wildman–Crippen MR) is 97.3 cm³/mol. The number of carbonyl (C=O) groups is 2. The Morgan fingerprint density at radius 1 is 1.04 bits per heavy atom. The molecule has 0 aliphatic rings. The Kier molecular flexibility index (Phi) is 13.6. The number of rotatable bonds is 16. The van der Waals surface area contributed by atoms with E-state index in [0.29, 0.717) is 52.4 Å². The molecule has 25 heavy (non-hydrogen) atoms. The molecule has 0 saturated carbocycles. The van der Waals surface area contributed by atoms with Gasteiger partial charge < -0.3 is 24.8 Å². The van der Waals surface area contributed by atoms with E-state index < -0.39 is 5.54 Å². The molecule has 0 aliphatic carbocycles. The molecule has 144 valence electrons. The van der Waals surface area contributed by atoms with Crippen LogP contribution in [0.3, 0.4) is 0 Å². The molecule has 7 heteroatoms. The fourth-order valence-electron chi connectivity index (χ4n) is 2.15. The van der Waals surface area contributed by atoms with Crippen LogP contribution in [0, 0.1) is 0 Å². The van der Waals surface area contributed by atoms with Crippen LogP contribution in [0.1, 0.15) is 26.2 Å². The summed E-state index contributed by atoms with van der Waals surface area (Å²) in [5.41, 5.74) is -0.660. The minimum absolute atomic E-state index is 0.195. The normalized spacial score (nSPS) is 12.9. The van der Waals surface area contributed by atoms with Gasteiger partial charge in [-0.15, -0.1) is 0 Å². The highest BCUT2D eigenvalue weighted by Crippen LogP contribution is 2.13. The number of ether oxygens (including phenoxy) is 3. The van der Waals surface area contributed by atoms with Crippen molar-refractivity contribution in [2.75, 3.05) is 46.7 Å². The zero-order chi connectivity index (χ0) is 19.0. The van der Waals surface area contributed by atoms with Gasteiger partial charge >= 0.3 is 0 Å². The molecule has 1 atom stereocenters. The fraction of sp³-hybridized carbons (Fsp3) is 0.667. The van der Waals surface area contributed by atoms with E-state index in [4.69, 9.17) is 14.2 Å². The molecule has 0 fully saturated rings. The van der Waals surface area contributed by atoms with Gasteiger partial charge in [0, 0.05) is 33.5 Å². The molecule has 0 rings (SSSR count). The van der Waals surface area contributed by atoms with Gasteiger partial charge in [-0.2, -0.15) is 0 Å². The third kappa shape index (κ3) is 11.5. The summed E-state index contributed by atoms with van der Waals surface area (Å²) in [5.74, 6) is -0.469. The van der Waals surface area contributed by atoms with Crippen molar-refractivity contribution < 1.29 is 23.8 Å². The van der Waals surface area contributed by atoms with E-state index in [2.05, 4.69) is 23.8 Å². The molecule has 0 aromatic rings. The third-order valence-corrected chi connectivity index (χ3v) is 3.40. The monoisotopic (exact) mass is 356 g/mol. The molecule has 0 saturated heterocycles. The van der Waals surface area contributed by atoms with Crippen LogP contribution in [0.15, 0.2) is 25.3 Å². The molecule has 2 N–H and O–H groups in total. The van der Waals surface area contributed by atoms with Crippen molar-refractivity contribution >= 4 is 11.8 Å². The van der Waals surface area contributed by atoms with E-state index in [1.54, 1.807) is 7.11 Å². The third-order valence-electron chi connectivity index (χ3n) is 3.40. The summed E-state index contributed by atoms with van der Waals surface area (Å²) in [4.78, 5) is 22.8. The van der Waals surface area contributed by atoms with Crippen LogP contribution in [0.4, 0.5) is 0 Å². The molecule has 7 nitrogen and oxygen atoms in total. The van der Waals surface area contributed by atoms with Crippen molar-refractivity contribution in [2.45, 2.75) is 31.7 Å². The average molecular weight is 356 g/mol. The van der Waals surface area contributed by atoms with Crippen molar-refractivity contribution in [3.05, 3.63) is 25.3 Å². The van der Waals surface area contributed by atoms with Crippen LogP contribution in [0.2, 0.25) is 0 Å². The molecule has 0 spiro atoms. The SMILES string of the molecule is C=CC(=O)NCCCOCCC(COC)(COCCC)NC(=O)C=C. The molecule has 0 heterocycles. The summed E-state index contributed by atoms with van der Waals surface area (Å²) in [5, 5.41) is 5.59. The van der Waals surface area contributed by atoms with E-state index in [-0.39, 0.29) is 11.8 Å². The Balaban J connectivity index is 4.38. The zero-order valence-electron chi connectivity index (χ0n) is 15.5. The maximum Gasteiger partial charge on any atom is 0.243 e. The molecule has 1 unspecified atom stereocenters. The maximum absolute atomic E-state index is 11.8. The van der Waals surface area contributed by atoms with Crippen molar-refractivity contribution in [1.82, 2.24) is 10.6 Å². The van der Waals surface area contributed by atoms with Crippen LogP contribution in [0.5, 0.6) is 0 Å². The summed E-state index contributed by atoms with van der Waals surface area (Å²) in [6, 6.07) is 0. The average Bonchev–Trinajstić information content (AvgIpc) is 2.60. The van der Waals surface area contributed by atoms with Gasteiger partial charge in [0.15, 0.2) is 0 Å². The highest BCUT2D eigenvalue weighted by molar-refractivity contribution is 5.87. The Labute approximate surface area is 150 Å². The zero-order valence-corrected chi connectivity index (χ0v) is 15.5. The summed E-state index contributed by atoms with van der Waals surface area (Å²) in [7, 11) is 1.58. The first-order valence-corrected chi connectivity index (χ1v) is 8.53. The molecule has 2 amide bonds. The van der Waals surface area contributed by atoms with Gasteiger partial charge in [0.2, 0.25) is 11.8 Å². The number of hydrogen-bond acceptors (Lipinski definition) is 5. The molecular formula is C18H32N2O5. The highest BCUT2D eigenvalue weighted by atomic mass is 16.5. The van der Waals surface area contributed by atoms with E-state index in [9.17, 15) is 9.59 Å². The fourth-order valence-corrected chi connectivity index (χ4v) is 2.15. The molecular weight excluding hydrogens is 324 g/mol. The predicted octanol–water partition coefficient (Wildman–Crippen LogP) is 1.20. The van der Waals surface area contributed by atoms with Crippen LogP contribution in [-0.4, -0.2) is 64.0 Å². The molecule has 0 aromatic carbocycles. The molecule has 0 aromatic heterocycles. The second kappa shape index (κ2) is 14.6. The number of carbonyl (C=O) groups excluding carboxylic acids is 2. The lowest BCUT2D eigenvalue weighted by Crippen LogP contribution is -2.55. The summed E-state index contributed by atoms with van der Waals surface area (Å²) in [6.07, 6.45) is 4.60. The van der Waals surface area contributed by atoms with E-state index in [1.807, 2.05) is 6.92 Å². The molecule has 0 radical (unpaired) electrons. The van der Waals surface area contributed by atoms with Gasteiger partial charge in [0.25, 0.3) is 0 Å². The lowest BCUT2D eigenvalue weighted by Gasteiger charge is -2.33. The largest absolute Gasteiger partial charge is 0.382 e. The Hall–Kier alpha value is -1.70. The van der Waals surface area contributed by atoms with Crippen LogP contribution in [0.25, 0.3) is 0 Å². The minimum atomic E-state index is -0.660. The summed E-state index contributed by atoms with van der Waals surface area (Å²) in [6.45, 7) is 11.6. The Bertz CT molecular complexity index is 414. The second-order valence-corrected chi connectivity index (χ2v) is 5.67. The van der Waals surface area contributed by atoms with E-state index >= 15 is 0 Å². The quantitative estimate of drug-likeness (QED) is 0.321. The van der Waals surface area contributed by atoms with Crippen LogP contribution in [-0.2, 0) is 23.8 Å². The first-order chi connectivity index (χ1) is 12.0. The lowest BCUT2D eigenvalue weighted by molar-refractivity contribution is -0.121. The minimum Gasteiger partial charge on any atom is -0.382 e. The first-order valence-electron chi connectivity index (χ1n) is 8.53. The topological polar surface area (TPSA) is 85.9 Å². The summed E-state index contributed by atoms with van der Waals surface area (Å²) >= 11 is 0. The van der Waals surface area contributed by atoms with Crippen molar-refractivity contribution in [3.8, 4) is 0 Å². The van der Waals surface area contributed by atoms with Crippen molar-refractivity contribution in [2.24, 2.45) is 0 Å². The first kappa shape index (κ1) is 23.3. The van der Waals surface area contributed by atoms with Crippen LogP contribution < -0.4 is 10.6 Å². The smallest absolute Gasteiger partial charge is 0.243 e. The Morgan fingerprint density at radius 2 is 1.76 bits per heavy atom. The van der Waals surface area contributed by atoms with Gasteiger partial charge in [-0.3, -0.25) is 9.59 Å². The standard InChI is InChI=1S/C18H32N2O5/c1-5-11-25-15-18(14-23-4,20-17(22)7-3)9-13-24-12-8-10-19-16(21)6-2/h6-7H,2-3,5,8-15H2,1,4H3,(H,19,21)(H,20,22). The van der Waals surface area contributed by atoms with E-state index in [0.717, 1.165) is 6.42 Å². The summed E-state index contributed by atoms with van der Waals surface area (Å²) < 4.78 is 16.5. The van der Waals surface area contributed by atoms with Crippen LogP contribution >= 0.6 is 0 Å². The van der Waals surface area contributed by atoms with Gasteiger partial charge in [0.05, 0.1) is 18.8 Å². The number of methoxy groups -OCH3 is 1. The van der Waals surface area contributed by atoms with Crippen molar-refractivity contribution in [1.29, 1.82) is 0 Å². The van der Waals surface area contributed by atoms with Gasteiger partial charge in [0.1, 0.15) is 0 Å². The van der Waals surface area contributed by atoms with Gasteiger partial charge in [-0.1, -0.05) is 20.1 Å². The van der Waals surface area contributed by atoms with Gasteiger partial charge in [-0.25, -0.2) is 0 Å². The van der Waals surface area contributed by atoms with Gasteiger partial charge in [-0.05, 0) is 31.4 Å². The van der Waals surface area contributed by atoms with E-state index in [1.165, 1.54) is 12.2 Å². The number of nitrogens with one attached hydrogen (secondary N) is 2. The molecule has 0 bridgehead atoms. The van der Waals surface area contributed by atoms with Crippen molar-refractivity contribution in [3.63, 3.8) is 0 Å². The number of amides is 2.